The fourth-order valence-electron chi connectivity index (χ4n) is 3.98. The van der Waals surface area contributed by atoms with Crippen LogP contribution in [0.1, 0.15) is 30.4 Å². The van der Waals surface area contributed by atoms with Gasteiger partial charge in [-0.3, -0.25) is 4.79 Å². The Balaban J connectivity index is 1.73. The zero-order chi connectivity index (χ0) is 21.3. The predicted octanol–water partition coefficient (Wildman–Crippen LogP) is 4.00. The Morgan fingerprint density at radius 1 is 1.13 bits per heavy atom. The van der Waals surface area contributed by atoms with E-state index >= 15 is 0 Å². The molecule has 7 heteroatoms. The normalized spacial score (nSPS) is 19.1. The molecule has 2 aliphatic rings. The molecule has 4 rings (SSSR count). The highest BCUT2D eigenvalue weighted by Crippen LogP contribution is 2.36. The minimum absolute atomic E-state index is 0.0946. The minimum atomic E-state index is -0.439. The molecule has 0 saturated heterocycles. The fourth-order valence-corrected chi connectivity index (χ4v) is 4.36. The third-order valence-electron chi connectivity index (χ3n) is 5.69. The molecule has 0 bridgehead atoms. The van der Waals surface area contributed by atoms with E-state index in [9.17, 15) is 15.0 Å². The van der Waals surface area contributed by atoms with Crippen LogP contribution in [-0.4, -0.2) is 46.3 Å². The summed E-state index contributed by atoms with van der Waals surface area (Å²) in [5, 5.41) is 23.8. The number of benzene rings is 2. The number of hydrogen-bond donors (Lipinski definition) is 3. The second-order valence-electron chi connectivity index (χ2n) is 7.76. The first kappa shape index (κ1) is 21.2. The Morgan fingerprint density at radius 3 is 2.53 bits per heavy atom. The molecule has 3 N–H and O–H groups in total. The molecule has 1 aliphatic heterocycles. The zero-order valence-corrected chi connectivity index (χ0v) is 18.0. The molecule has 2 aromatic carbocycles. The number of amides is 1. The van der Waals surface area contributed by atoms with Crippen molar-refractivity contribution >= 4 is 34.7 Å². The molecular weight excluding hydrogens is 423 g/mol. The van der Waals surface area contributed by atoms with Gasteiger partial charge in [0.2, 0.25) is 0 Å². The average Bonchev–Trinajstić information content (AvgIpc) is 3.59. The van der Waals surface area contributed by atoms with Crippen molar-refractivity contribution in [3.63, 3.8) is 0 Å². The first-order chi connectivity index (χ1) is 14.5. The second-order valence-corrected chi connectivity index (χ2v) is 8.54. The largest absolute Gasteiger partial charge is 0.508 e. The van der Waals surface area contributed by atoms with Crippen molar-refractivity contribution in [2.24, 2.45) is 0 Å². The van der Waals surface area contributed by atoms with Gasteiger partial charge in [-0.1, -0.05) is 47.5 Å². The summed E-state index contributed by atoms with van der Waals surface area (Å²) in [7, 11) is 0. The molecular formula is C23H24Cl2N2O3. The summed E-state index contributed by atoms with van der Waals surface area (Å²) in [5.74, 6) is 0.0814. The van der Waals surface area contributed by atoms with Crippen LogP contribution < -0.4 is 5.32 Å². The number of aliphatic hydroxyl groups excluding tert-OH is 1. The molecule has 1 amide bonds. The number of nitrogens with zero attached hydrogens (tertiary/aromatic N) is 1. The number of aromatic hydroxyl groups is 1. The molecule has 30 heavy (non-hydrogen) atoms. The maximum atomic E-state index is 13.8. The quantitative estimate of drug-likeness (QED) is 0.626. The van der Waals surface area contributed by atoms with Crippen molar-refractivity contribution in [3.05, 3.63) is 69.2 Å². The molecule has 1 saturated carbocycles. The Bertz CT molecular complexity index is 971. The van der Waals surface area contributed by atoms with E-state index in [1.807, 2.05) is 29.2 Å². The molecule has 1 heterocycles. The van der Waals surface area contributed by atoms with Gasteiger partial charge in [0, 0.05) is 18.2 Å². The van der Waals surface area contributed by atoms with Crippen molar-refractivity contribution in [1.29, 1.82) is 0 Å². The summed E-state index contributed by atoms with van der Waals surface area (Å²) in [6.45, 7) is 0.869. The summed E-state index contributed by atoms with van der Waals surface area (Å²) in [6.07, 6.45) is 2.56. The van der Waals surface area contributed by atoms with Crippen LogP contribution in [0.4, 0.5) is 0 Å². The topological polar surface area (TPSA) is 72.8 Å². The maximum Gasteiger partial charge on any atom is 0.252 e. The van der Waals surface area contributed by atoms with Gasteiger partial charge in [-0.05, 0) is 60.7 Å². The lowest BCUT2D eigenvalue weighted by molar-refractivity contribution is -0.128. The Hall–Kier alpha value is -2.05. The van der Waals surface area contributed by atoms with Gasteiger partial charge in [0.1, 0.15) is 5.75 Å². The van der Waals surface area contributed by atoms with Crippen LogP contribution >= 0.6 is 23.2 Å². The molecule has 2 aromatic rings. The number of hydrogen-bond acceptors (Lipinski definition) is 4. The number of phenols is 1. The zero-order valence-electron chi connectivity index (χ0n) is 16.4. The van der Waals surface area contributed by atoms with Crippen molar-refractivity contribution in [3.8, 4) is 5.75 Å². The standard InChI is InChI=1S/C23H24Cl2N2O3/c24-19-3-1-2-15(22(19)25)12-27(16-6-7-16)23(30)21-18(10-11-26-20(21)13-28)14-4-8-17(29)9-5-14/h1-5,8-9,16,20,26,28-29H,6-7,10-13H2/t20-/m1/s1. The van der Waals surface area contributed by atoms with E-state index in [1.54, 1.807) is 18.2 Å². The van der Waals surface area contributed by atoms with E-state index in [1.165, 1.54) is 0 Å². The summed E-state index contributed by atoms with van der Waals surface area (Å²) < 4.78 is 0. The van der Waals surface area contributed by atoms with Crippen LogP contribution in [0.25, 0.3) is 5.57 Å². The van der Waals surface area contributed by atoms with Crippen molar-refractivity contribution in [2.75, 3.05) is 13.2 Å². The van der Waals surface area contributed by atoms with Crippen LogP contribution in [0.15, 0.2) is 48.0 Å². The van der Waals surface area contributed by atoms with Gasteiger partial charge < -0.3 is 20.4 Å². The van der Waals surface area contributed by atoms with E-state index in [0.29, 0.717) is 35.1 Å². The van der Waals surface area contributed by atoms with Gasteiger partial charge in [-0.2, -0.15) is 0 Å². The van der Waals surface area contributed by atoms with E-state index in [-0.39, 0.29) is 24.3 Å². The molecule has 0 unspecified atom stereocenters. The molecule has 0 spiro atoms. The van der Waals surface area contributed by atoms with Gasteiger partial charge in [-0.15, -0.1) is 0 Å². The van der Waals surface area contributed by atoms with Crippen LogP contribution in [-0.2, 0) is 11.3 Å². The predicted molar refractivity (Wildman–Crippen MR) is 119 cm³/mol. The first-order valence-corrected chi connectivity index (χ1v) is 10.9. The third kappa shape index (κ3) is 4.35. The second kappa shape index (κ2) is 8.98. The average molecular weight is 447 g/mol. The van der Waals surface area contributed by atoms with Crippen molar-refractivity contribution in [1.82, 2.24) is 10.2 Å². The third-order valence-corrected chi connectivity index (χ3v) is 6.55. The first-order valence-electron chi connectivity index (χ1n) is 10.1. The molecule has 1 fully saturated rings. The van der Waals surface area contributed by atoms with E-state index in [4.69, 9.17) is 23.2 Å². The summed E-state index contributed by atoms with van der Waals surface area (Å²) >= 11 is 12.6. The molecule has 158 valence electrons. The van der Waals surface area contributed by atoms with Crippen LogP contribution in [0.3, 0.4) is 0 Å². The highest BCUT2D eigenvalue weighted by atomic mass is 35.5. The van der Waals surface area contributed by atoms with E-state index in [0.717, 1.165) is 29.5 Å². The number of carbonyl (C=O) groups is 1. The molecule has 0 radical (unpaired) electrons. The monoisotopic (exact) mass is 446 g/mol. The lowest BCUT2D eigenvalue weighted by atomic mass is 9.88. The number of aliphatic hydroxyl groups is 1. The summed E-state index contributed by atoms with van der Waals surface area (Å²) in [4.78, 5) is 15.6. The van der Waals surface area contributed by atoms with Crippen molar-refractivity contribution < 1.29 is 15.0 Å². The van der Waals surface area contributed by atoms with Crippen LogP contribution in [0.5, 0.6) is 5.75 Å². The van der Waals surface area contributed by atoms with Gasteiger partial charge in [0.25, 0.3) is 5.91 Å². The minimum Gasteiger partial charge on any atom is -0.508 e. The van der Waals surface area contributed by atoms with Gasteiger partial charge >= 0.3 is 0 Å². The highest BCUT2D eigenvalue weighted by molar-refractivity contribution is 6.42. The SMILES string of the molecule is O=C(C1=C(c2ccc(O)cc2)CCN[C@@H]1CO)N(Cc1cccc(Cl)c1Cl)C1CC1. The molecule has 5 nitrogen and oxygen atoms in total. The lowest BCUT2D eigenvalue weighted by Crippen LogP contribution is -2.46. The highest BCUT2D eigenvalue weighted by Gasteiger charge is 2.38. The van der Waals surface area contributed by atoms with Gasteiger partial charge in [0.15, 0.2) is 0 Å². The molecule has 1 aliphatic carbocycles. The van der Waals surface area contributed by atoms with Gasteiger partial charge in [-0.25, -0.2) is 0 Å². The number of phenolic OH excluding ortho intramolecular Hbond substituents is 1. The van der Waals surface area contributed by atoms with Gasteiger partial charge in [0.05, 0.1) is 22.7 Å². The van der Waals surface area contributed by atoms with Crippen molar-refractivity contribution in [2.45, 2.75) is 37.9 Å². The van der Waals surface area contributed by atoms with E-state index < -0.39 is 6.04 Å². The number of carbonyl (C=O) groups excluding carboxylic acids is 1. The molecule has 1 atom stereocenters. The lowest BCUT2D eigenvalue weighted by Gasteiger charge is -2.33. The Kier molecular flexibility index (Phi) is 6.34. The smallest absolute Gasteiger partial charge is 0.252 e. The number of nitrogens with one attached hydrogen (secondary N) is 1. The van der Waals surface area contributed by atoms with Crippen LogP contribution in [0.2, 0.25) is 10.0 Å². The summed E-state index contributed by atoms with van der Waals surface area (Å²) in [6, 6.07) is 12.0. The number of rotatable bonds is 6. The molecule has 0 aromatic heterocycles. The fraction of sp³-hybridized carbons (Fsp3) is 0.348. The Labute approximate surface area is 185 Å². The number of halogens is 2. The Morgan fingerprint density at radius 2 is 1.87 bits per heavy atom. The van der Waals surface area contributed by atoms with Crippen LogP contribution in [0, 0.1) is 0 Å². The maximum absolute atomic E-state index is 13.8. The summed E-state index contributed by atoms with van der Waals surface area (Å²) in [5.41, 5.74) is 3.17. The van der Waals surface area contributed by atoms with E-state index in [2.05, 4.69) is 5.32 Å².